The predicted octanol–water partition coefficient (Wildman–Crippen LogP) is 4.11. The Bertz CT molecular complexity index is 1040. The minimum absolute atomic E-state index is 0.181. The van der Waals surface area contributed by atoms with Crippen molar-refractivity contribution in [3.63, 3.8) is 0 Å². The first kappa shape index (κ1) is 20.0. The summed E-state index contributed by atoms with van der Waals surface area (Å²) in [5.41, 5.74) is 5.85. The smallest absolute Gasteiger partial charge is 0.159 e. The van der Waals surface area contributed by atoms with Crippen LogP contribution < -0.4 is 9.64 Å². The molecule has 2 aliphatic heterocycles. The zero-order valence-electron chi connectivity index (χ0n) is 17.9. The van der Waals surface area contributed by atoms with Crippen LogP contribution in [0.3, 0.4) is 0 Å². The van der Waals surface area contributed by atoms with Crippen molar-refractivity contribution in [3.05, 3.63) is 71.5 Å². The van der Waals surface area contributed by atoms with Gasteiger partial charge in [-0.1, -0.05) is 13.0 Å². The van der Waals surface area contributed by atoms with Gasteiger partial charge in [0.2, 0.25) is 0 Å². The summed E-state index contributed by atoms with van der Waals surface area (Å²) in [5, 5.41) is 11.1. The minimum atomic E-state index is 0.181. The average Bonchev–Trinajstić information content (AvgIpc) is 3.28. The second kappa shape index (κ2) is 8.65. The number of aryl methyl sites for hydroxylation is 1. The van der Waals surface area contributed by atoms with Gasteiger partial charge < -0.3 is 14.8 Å². The number of hydroxylamine groups is 2. The molecule has 6 heteroatoms. The molecule has 1 saturated heterocycles. The third-order valence-corrected chi connectivity index (χ3v) is 6.22. The van der Waals surface area contributed by atoms with Crippen molar-refractivity contribution >= 4 is 5.69 Å². The normalized spacial score (nSPS) is 18.8. The lowest BCUT2D eigenvalue weighted by Gasteiger charge is -2.24. The van der Waals surface area contributed by atoms with Crippen LogP contribution in [-0.2, 0) is 19.4 Å². The first-order chi connectivity index (χ1) is 15.2. The van der Waals surface area contributed by atoms with Crippen LogP contribution in [0.4, 0.5) is 5.69 Å². The average molecular weight is 417 g/mol. The summed E-state index contributed by atoms with van der Waals surface area (Å²) < 4.78 is 6.30. The number of ether oxygens (including phenoxy) is 1. The topological polar surface area (TPSA) is 61.7 Å². The van der Waals surface area contributed by atoms with Gasteiger partial charge in [-0.2, -0.15) is 5.06 Å². The Morgan fingerprint density at radius 1 is 1.03 bits per heavy atom. The van der Waals surface area contributed by atoms with Crippen molar-refractivity contribution in [2.24, 2.45) is 0 Å². The van der Waals surface area contributed by atoms with Crippen LogP contribution in [0.1, 0.15) is 30.0 Å². The number of benzene rings is 2. The van der Waals surface area contributed by atoms with E-state index in [9.17, 15) is 5.21 Å². The summed E-state index contributed by atoms with van der Waals surface area (Å²) in [6.45, 7) is 5.24. The van der Waals surface area contributed by atoms with Gasteiger partial charge in [0.25, 0.3) is 0 Å². The quantitative estimate of drug-likeness (QED) is 0.675. The van der Waals surface area contributed by atoms with Crippen molar-refractivity contribution in [1.29, 1.82) is 0 Å². The molecule has 0 bridgehead atoms. The van der Waals surface area contributed by atoms with Gasteiger partial charge in [-0.15, -0.1) is 0 Å². The first-order valence-electron chi connectivity index (χ1n) is 11.1. The Morgan fingerprint density at radius 3 is 2.61 bits per heavy atom. The fourth-order valence-electron chi connectivity index (χ4n) is 4.35. The molecule has 0 spiro atoms. The Morgan fingerprint density at radius 2 is 1.84 bits per heavy atom. The lowest BCUT2D eigenvalue weighted by Crippen LogP contribution is -2.27. The number of hydrogen-bond acceptors (Lipinski definition) is 6. The van der Waals surface area contributed by atoms with Crippen LogP contribution in [0, 0.1) is 0 Å². The SMILES string of the molecule is CCc1cnc(-c2ccc(N3CCC(Oc4ccc5c(c4)CCN(O)C5)C3)cc2)nc1. The van der Waals surface area contributed by atoms with Crippen molar-refractivity contribution in [2.45, 2.75) is 38.8 Å². The highest BCUT2D eigenvalue weighted by molar-refractivity contribution is 5.60. The van der Waals surface area contributed by atoms with E-state index >= 15 is 0 Å². The number of anilines is 1. The fourth-order valence-corrected chi connectivity index (χ4v) is 4.35. The van der Waals surface area contributed by atoms with Crippen LogP contribution in [0.2, 0.25) is 0 Å². The van der Waals surface area contributed by atoms with Gasteiger partial charge >= 0.3 is 0 Å². The lowest BCUT2D eigenvalue weighted by atomic mass is 10.0. The molecule has 1 fully saturated rings. The van der Waals surface area contributed by atoms with Gasteiger partial charge in [0.1, 0.15) is 11.9 Å². The van der Waals surface area contributed by atoms with Gasteiger partial charge in [0.15, 0.2) is 5.82 Å². The van der Waals surface area contributed by atoms with Gasteiger partial charge in [-0.05, 0) is 65.9 Å². The van der Waals surface area contributed by atoms with Gasteiger partial charge in [0.05, 0.1) is 6.54 Å². The Kier molecular flexibility index (Phi) is 5.57. The van der Waals surface area contributed by atoms with E-state index in [1.165, 1.54) is 21.9 Å². The molecule has 0 saturated carbocycles. The standard InChI is InChI=1S/C25H28N4O2/c1-2-18-14-26-25(27-15-18)19-3-6-22(7-4-19)28-11-10-24(17-28)31-23-8-5-21-16-29(30)12-9-20(21)13-23/h3-8,13-15,24,30H,2,9-12,16-17H2,1H3. The first-order valence-corrected chi connectivity index (χ1v) is 11.1. The second-order valence-corrected chi connectivity index (χ2v) is 8.36. The van der Waals surface area contributed by atoms with E-state index in [0.29, 0.717) is 13.1 Å². The molecular weight excluding hydrogens is 388 g/mol. The number of aromatic nitrogens is 2. The maximum Gasteiger partial charge on any atom is 0.159 e. The maximum atomic E-state index is 9.69. The predicted molar refractivity (Wildman–Crippen MR) is 120 cm³/mol. The van der Waals surface area contributed by atoms with E-state index in [4.69, 9.17) is 4.74 Å². The Balaban J connectivity index is 1.21. The summed E-state index contributed by atoms with van der Waals surface area (Å²) in [4.78, 5) is 11.3. The molecular formula is C25H28N4O2. The number of fused-ring (bicyclic) bond motifs is 1. The third-order valence-electron chi connectivity index (χ3n) is 6.22. The molecule has 1 atom stereocenters. The second-order valence-electron chi connectivity index (χ2n) is 8.36. The molecule has 0 aliphatic carbocycles. The highest BCUT2D eigenvalue weighted by atomic mass is 16.5. The van der Waals surface area contributed by atoms with E-state index in [-0.39, 0.29) is 6.10 Å². The molecule has 2 aromatic carbocycles. The maximum absolute atomic E-state index is 9.69. The Labute approximate surface area is 183 Å². The van der Waals surface area contributed by atoms with Crippen molar-refractivity contribution in [1.82, 2.24) is 15.0 Å². The minimum Gasteiger partial charge on any atom is -0.489 e. The lowest BCUT2D eigenvalue weighted by molar-refractivity contribution is -0.103. The molecule has 5 rings (SSSR count). The van der Waals surface area contributed by atoms with E-state index < -0.39 is 0 Å². The number of hydrogen-bond donors (Lipinski definition) is 1. The van der Waals surface area contributed by atoms with Gasteiger partial charge in [-0.25, -0.2) is 9.97 Å². The molecule has 0 amide bonds. The molecule has 2 aliphatic rings. The monoisotopic (exact) mass is 416 g/mol. The highest BCUT2D eigenvalue weighted by Crippen LogP contribution is 2.28. The van der Waals surface area contributed by atoms with Crippen molar-refractivity contribution in [3.8, 4) is 17.1 Å². The zero-order chi connectivity index (χ0) is 21.2. The number of rotatable bonds is 5. The molecule has 3 aromatic rings. The van der Waals surface area contributed by atoms with Crippen LogP contribution in [0.5, 0.6) is 5.75 Å². The van der Waals surface area contributed by atoms with E-state index in [0.717, 1.165) is 55.1 Å². The summed E-state index contributed by atoms with van der Waals surface area (Å²) in [6, 6.07) is 14.7. The summed E-state index contributed by atoms with van der Waals surface area (Å²) >= 11 is 0. The van der Waals surface area contributed by atoms with Crippen LogP contribution in [0.25, 0.3) is 11.4 Å². The molecule has 6 nitrogen and oxygen atoms in total. The van der Waals surface area contributed by atoms with Crippen molar-refractivity contribution in [2.75, 3.05) is 24.5 Å². The molecule has 1 N–H and O–H groups in total. The van der Waals surface area contributed by atoms with Gasteiger partial charge in [-0.3, -0.25) is 0 Å². The van der Waals surface area contributed by atoms with E-state index in [1.54, 1.807) is 0 Å². The Hall–Kier alpha value is -2.96. The molecule has 1 unspecified atom stereocenters. The largest absolute Gasteiger partial charge is 0.489 e. The fraction of sp³-hybridized carbons (Fsp3) is 0.360. The number of nitrogens with zero attached hydrogens (tertiary/aromatic N) is 4. The highest BCUT2D eigenvalue weighted by Gasteiger charge is 2.25. The van der Waals surface area contributed by atoms with E-state index in [2.05, 4.69) is 58.2 Å². The van der Waals surface area contributed by atoms with Crippen LogP contribution in [0.15, 0.2) is 54.9 Å². The molecule has 31 heavy (non-hydrogen) atoms. The third kappa shape index (κ3) is 4.40. The van der Waals surface area contributed by atoms with Crippen LogP contribution >= 0.6 is 0 Å². The zero-order valence-corrected chi connectivity index (χ0v) is 17.9. The van der Waals surface area contributed by atoms with Gasteiger partial charge in [0, 0.05) is 49.7 Å². The summed E-state index contributed by atoms with van der Waals surface area (Å²) in [6.07, 6.45) is 6.80. The molecule has 0 radical (unpaired) electrons. The van der Waals surface area contributed by atoms with E-state index in [1.807, 2.05) is 18.5 Å². The summed E-state index contributed by atoms with van der Waals surface area (Å²) in [7, 11) is 0. The molecule has 1 aromatic heterocycles. The van der Waals surface area contributed by atoms with Crippen LogP contribution in [-0.4, -0.2) is 46.0 Å². The van der Waals surface area contributed by atoms with Crippen molar-refractivity contribution < 1.29 is 9.94 Å². The summed E-state index contributed by atoms with van der Waals surface area (Å²) in [5.74, 6) is 1.70. The molecule has 160 valence electrons. The molecule has 3 heterocycles.